The van der Waals surface area contributed by atoms with Gasteiger partial charge in [-0.05, 0) is 42.5 Å². The molecule has 0 radical (unpaired) electrons. The highest BCUT2D eigenvalue weighted by Crippen LogP contribution is 2.24. The Morgan fingerprint density at radius 3 is 2.16 bits per heavy atom. The summed E-state index contributed by atoms with van der Waals surface area (Å²) in [6, 6.07) is 11.5. The number of likely N-dealkylation sites (tertiary alicyclic amines) is 1. The number of nitrogens with two attached hydrogens (primary N) is 1. The molecule has 2 heterocycles. The predicted octanol–water partition coefficient (Wildman–Crippen LogP) is 2.22. The van der Waals surface area contributed by atoms with Crippen molar-refractivity contribution in [1.29, 1.82) is 0 Å². The number of aliphatic hydroxyl groups is 1. The van der Waals surface area contributed by atoms with E-state index in [0.717, 1.165) is 0 Å². The summed E-state index contributed by atoms with van der Waals surface area (Å²) in [4.78, 5) is 31.2. The number of hydrogen-bond acceptors (Lipinski definition) is 5. The van der Waals surface area contributed by atoms with Crippen molar-refractivity contribution in [2.24, 2.45) is 0 Å². The van der Waals surface area contributed by atoms with Crippen LogP contribution < -0.4 is 5.73 Å². The lowest BCUT2D eigenvalue weighted by Crippen LogP contribution is -2.54. The van der Waals surface area contributed by atoms with Gasteiger partial charge in [-0.3, -0.25) is 14.5 Å². The fraction of sp³-hybridized carbons (Fsp3) is 0.364. The summed E-state index contributed by atoms with van der Waals surface area (Å²) in [6.45, 7) is 3.03. The van der Waals surface area contributed by atoms with Gasteiger partial charge in [0.1, 0.15) is 0 Å². The summed E-state index contributed by atoms with van der Waals surface area (Å²) in [5.74, 6) is -0.245. The first-order valence-electron chi connectivity index (χ1n) is 10.1. The molecule has 2 saturated heterocycles. The van der Waals surface area contributed by atoms with Gasteiger partial charge in [-0.1, -0.05) is 23.2 Å². The molecule has 9 heteroatoms. The predicted molar refractivity (Wildman–Crippen MR) is 120 cm³/mol. The second-order valence-corrected chi connectivity index (χ2v) is 8.78. The molecule has 2 aromatic rings. The molecule has 3 N–H and O–H groups in total. The average Bonchev–Trinajstić information content (AvgIpc) is 3.15. The molecule has 2 atom stereocenters. The summed E-state index contributed by atoms with van der Waals surface area (Å²) < 4.78 is 0. The van der Waals surface area contributed by atoms with Crippen LogP contribution in [-0.4, -0.2) is 83.0 Å². The Kier molecular flexibility index (Phi) is 6.39. The molecule has 2 aliphatic rings. The van der Waals surface area contributed by atoms with E-state index >= 15 is 0 Å². The van der Waals surface area contributed by atoms with Gasteiger partial charge >= 0.3 is 0 Å². The SMILES string of the molecule is Nc1cc(Cl)ccc1C(=O)N1C[C@@H](O)[C@H](N2CCN(C(=O)c3ccc(Cl)cc3)CC2)C1. The van der Waals surface area contributed by atoms with E-state index in [1.54, 1.807) is 52.3 Å². The highest BCUT2D eigenvalue weighted by Gasteiger charge is 2.39. The van der Waals surface area contributed by atoms with Crippen molar-refractivity contribution in [2.45, 2.75) is 12.1 Å². The van der Waals surface area contributed by atoms with Crippen molar-refractivity contribution >= 4 is 40.7 Å². The first-order valence-corrected chi connectivity index (χ1v) is 10.9. The van der Waals surface area contributed by atoms with Gasteiger partial charge in [0.05, 0.1) is 17.7 Å². The Labute approximate surface area is 190 Å². The van der Waals surface area contributed by atoms with Crippen molar-refractivity contribution in [1.82, 2.24) is 14.7 Å². The molecule has 0 aromatic heterocycles. The molecular weight excluding hydrogens is 439 g/mol. The van der Waals surface area contributed by atoms with Crippen molar-refractivity contribution in [3.05, 3.63) is 63.6 Å². The molecule has 0 saturated carbocycles. The number of β-amino-alcohol motifs (C(OH)–C–C–N with tert-alkyl or cyclic N) is 1. The van der Waals surface area contributed by atoms with E-state index < -0.39 is 6.10 Å². The number of nitrogen functional groups attached to an aromatic ring is 1. The van der Waals surface area contributed by atoms with E-state index in [2.05, 4.69) is 4.90 Å². The summed E-state index contributed by atoms with van der Waals surface area (Å²) in [5, 5.41) is 11.7. The minimum absolute atomic E-state index is 0.0293. The maximum Gasteiger partial charge on any atom is 0.256 e. The van der Waals surface area contributed by atoms with Gasteiger partial charge in [0.15, 0.2) is 0 Å². The third kappa shape index (κ3) is 4.65. The maximum atomic E-state index is 12.9. The van der Waals surface area contributed by atoms with Crippen molar-refractivity contribution in [3.63, 3.8) is 0 Å². The lowest BCUT2D eigenvalue weighted by molar-refractivity contribution is 0.0376. The van der Waals surface area contributed by atoms with Gasteiger partial charge in [-0.25, -0.2) is 0 Å². The number of carbonyl (C=O) groups is 2. The molecule has 164 valence electrons. The number of rotatable bonds is 3. The third-order valence-corrected chi connectivity index (χ3v) is 6.44. The van der Waals surface area contributed by atoms with Crippen LogP contribution in [0.5, 0.6) is 0 Å². The third-order valence-electron chi connectivity index (χ3n) is 5.95. The number of halogens is 2. The van der Waals surface area contributed by atoms with Crippen LogP contribution >= 0.6 is 23.2 Å². The Hall–Kier alpha value is -2.32. The van der Waals surface area contributed by atoms with Crippen molar-refractivity contribution in [2.75, 3.05) is 45.0 Å². The second kappa shape index (κ2) is 9.04. The quantitative estimate of drug-likeness (QED) is 0.682. The lowest BCUT2D eigenvalue weighted by Gasteiger charge is -2.38. The fourth-order valence-electron chi connectivity index (χ4n) is 4.22. The number of benzene rings is 2. The number of piperazine rings is 1. The molecule has 0 unspecified atom stereocenters. The van der Waals surface area contributed by atoms with Crippen LogP contribution in [0.4, 0.5) is 5.69 Å². The van der Waals surface area contributed by atoms with Gasteiger partial charge in [-0.2, -0.15) is 0 Å². The highest BCUT2D eigenvalue weighted by atomic mass is 35.5. The molecule has 4 rings (SSSR count). The van der Waals surface area contributed by atoms with Crippen LogP contribution in [0.2, 0.25) is 10.0 Å². The highest BCUT2D eigenvalue weighted by molar-refractivity contribution is 6.31. The van der Waals surface area contributed by atoms with E-state index in [-0.39, 0.29) is 24.4 Å². The van der Waals surface area contributed by atoms with Crippen LogP contribution in [0, 0.1) is 0 Å². The summed E-state index contributed by atoms with van der Waals surface area (Å²) in [5.41, 5.74) is 7.27. The molecule has 7 nitrogen and oxygen atoms in total. The molecule has 0 aliphatic carbocycles. The minimum Gasteiger partial charge on any atom is -0.398 e. The van der Waals surface area contributed by atoms with Crippen LogP contribution in [-0.2, 0) is 0 Å². The van der Waals surface area contributed by atoms with E-state index in [4.69, 9.17) is 28.9 Å². The van der Waals surface area contributed by atoms with E-state index in [9.17, 15) is 14.7 Å². The number of aliphatic hydroxyl groups excluding tert-OH is 1. The van der Waals surface area contributed by atoms with E-state index in [0.29, 0.717) is 59.6 Å². The fourth-order valence-corrected chi connectivity index (χ4v) is 4.53. The molecular formula is C22H24Cl2N4O3. The Morgan fingerprint density at radius 1 is 0.871 bits per heavy atom. The van der Waals surface area contributed by atoms with Crippen LogP contribution in [0.25, 0.3) is 0 Å². The van der Waals surface area contributed by atoms with E-state index in [1.165, 1.54) is 0 Å². The molecule has 0 bridgehead atoms. The van der Waals surface area contributed by atoms with Gasteiger partial charge in [0.25, 0.3) is 11.8 Å². The van der Waals surface area contributed by atoms with Crippen LogP contribution in [0.3, 0.4) is 0 Å². The van der Waals surface area contributed by atoms with Gasteiger partial charge in [0, 0.05) is 60.6 Å². The Balaban J connectivity index is 1.36. The smallest absolute Gasteiger partial charge is 0.256 e. The molecule has 2 fully saturated rings. The summed E-state index contributed by atoms with van der Waals surface area (Å²) in [6.07, 6.45) is -0.656. The number of anilines is 1. The van der Waals surface area contributed by atoms with Crippen LogP contribution in [0.15, 0.2) is 42.5 Å². The van der Waals surface area contributed by atoms with Gasteiger partial charge in [0.2, 0.25) is 0 Å². The Bertz CT molecular complexity index is 977. The van der Waals surface area contributed by atoms with Crippen molar-refractivity contribution in [3.8, 4) is 0 Å². The number of amides is 2. The van der Waals surface area contributed by atoms with E-state index in [1.807, 2.05) is 0 Å². The zero-order chi connectivity index (χ0) is 22.1. The molecule has 2 aromatic carbocycles. The minimum atomic E-state index is -0.656. The second-order valence-electron chi connectivity index (χ2n) is 7.91. The molecule has 2 aliphatic heterocycles. The lowest BCUT2D eigenvalue weighted by atomic mass is 10.1. The molecule has 31 heavy (non-hydrogen) atoms. The number of carbonyl (C=O) groups excluding carboxylic acids is 2. The Morgan fingerprint density at radius 2 is 1.52 bits per heavy atom. The summed E-state index contributed by atoms with van der Waals surface area (Å²) in [7, 11) is 0. The van der Waals surface area contributed by atoms with Crippen LogP contribution in [0.1, 0.15) is 20.7 Å². The molecule has 0 spiro atoms. The number of nitrogens with zero attached hydrogens (tertiary/aromatic N) is 3. The zero-order valence-electron chi connectivity index (χ0n) is 16.9. The zero-order valence-corrected chi connectivity index (χ0v) is 18.4. The topological polar surface area (TPSA) is 90.1 Å². The molecule has 2 amide bonds. The normalized spacial score (nSPS) is 22.0. The standard InChI is InChI=1S/C22H24Cl2N4O3/c23-15-3-1-14(2-4-15)21(30)27-9-7-26(8-10-27)19-12-28(13-20(19)29)22(31)17-6-5-16(24)11-18(17)25/h1-6,11,19-20,29H,7-10,12-13,25H2/t19-,20-/m1/s1. The monoisotopic (exact) mass is 462 g/mol. The van der Waals surface area contributed by atoms with Gasteiger partial charge in [-0.15, -0.1) is 0 Å². The first-order chi connectivity index (χ1) is 14.8. The van der Waals surface area contributed by atoms with Gasteiger partial charge < -0.3 is 20.6 Å². The first kappa shape index (κ1) is 21.9. The maximum absolute atomic E-state index is 12.9. The van der Waals surface area contributed by atoms with Crippen molar-refractivity contribution < 1.29 is 14.7 Å². The summed E-state index contributed by atoms with van der Waals surface area (Å²) >= 11 is 11.8. The average molecular weight is 463 g/mol. The largest absolute Gasteiger partial charge is 0.398 e. The number of hydrogen-bond donors (Lipinski definition) is 2.